The molecule has 3 rings (SSSR count). The summed E-state index contributed by atoms with van der Waals surface area (Å²) in [5, 5.41) is 7.04. The van der Waals surface area contributed by atoms with Gasteiger partial charge in [0, 0.05) is 16.6 Å². The van der Waals surface area contributed by atoms with Crippen molar-refractivity contribution in [3.8, 4) is 5.75 Å². The second-order valence-electron chi connectivity index (χ2n) is 6.58. The van der Waals surface area contributed by atoms with Crippen LogP contribution in [0.3, 0.4) is 0 Å². The summed E-state index contributed by atoms with van der Waals surface area (Å²) in [6, 6.07) is 7.67. The van der Waals surface area contributed by atoms with Gasteiger partial charge in [0.1, 0.15) is 10.8 Å². The molecular weight excluding hydrogens is 322 g/mol. The van der Waals surface area contributed by atoms with Gasteiger partial charge >= 0.3 is 6.03 Å². The fourth-order valence-corrected chi connectivity index (χ4v) is 3.67. The molecule has 24 heavy (non-hydrogen) atoms. The highest BCUT2D eigenvalue weighted by atomic mass is 32.1. The monoisotopic (exact) mass is 345 g/mol. The molecule has 0 bridgehead atoms. The SMILES string of the molecule is Cc1cnc(C(C)(C)NC(=O)NC2CCCOc3ccccc32)s1. The van der Waals surface area contributed by atoms with Crippen LogP contribution in [0.2, 0.25) is 0 Å². The van der Waals surface area contributed by atoms with Crippen molar-refractivity contribution >= 4 is 17.4 Å². The number of aromatic nitrogens is 1. The summed E-state index contributed by atoms with van der Waals surface area (Å²) in [5.41, 5.74) is 0.525. The summed E-state index contributed by atoms with van der Waals surface area (Å²) in [7, 11) is 0. The Kier molecular flexibility index (Phi) is 4.76. The number of thiazole rings is 1. The number of nitrogens with zero attached hydrogens (tertiary/aromatic N) is 1. The lowest BCUT2D eigenvalue weighted by atomic mass is 10.0. The minimum Gasteiger partial charge on any atom is -0.493 e. The van der Waals surface area contributed by atoms with E-state index in [1.807, 2.05) is 51.2 Å². The Hall–Kier alpha value is -2.08. The van der Waals surface area contributed by atoms with E-state index in [0.29, 0.717) is 6.61 Å². The maximum Gasteiger partial charge on any atom is 0.316 e. The smallest absolute Gasteiger partial charge is 0.316 e. The lowest BCUT2D eigenvalue weighted by Gasteiger charge is -2.26. The summed E-state index contributed by atoms with van der Waals surface area (Å²) in [4.78, 5) is 18.1. The minimum absolute atomic E-state index is 0.0440. The van der Waals surface area contributed by atoms with Gasteiger partial charge in [-0.25, -0.2) is 9.78 Å². The van der Waals surface area contributed by atoms with Gasteiger partial charge in [0.2, 0.25) is 0 Å². The van der Waals surface area contributed by atoms with E-state index in [9.17, 15) is 4.79 Å². The maximum atomic E-state index is 12.5. The number of amides is 2. The highest BCUT2D eigenvalue weighted by Gasteiger charge is 2.28. The number of hydrogen-bond acceptors (Lipinski definition) is 4. The van der Waals surface area contributed by atoms with Crippen molar-refractivity contribution < 1.29 is 9.53 Å². The molecule has 6 heteroatoms. The zero-order valence-corrected chi connectivity index (χ0v) is 15.1. The van der Waals surface area contributed by atoms with Crippen molar-refractivity contribution in [1.82, 2.24) is 15.6 Å². The first-order valence-corrected chi connectivity index (χ1v) is 9.01. The van der Waals surface area contributed by atoms with E-state index in [1.54, 1.807) is 11.3 Å². The van der Waals surface area contributed by atoms with E-state index < -0.39 is 5.54 Å². The highest BCUT2D eigenvalue weighted by molar-refractivity contribution is 7.11. The maximum absolute atomic E-state index is 12.5. The molecule has 2 N–H and O–H groups in total. The van der Waals surface area contributed by atoms with Crippen LogP contribution in [0, 0.1) is 6.92 Å². The van der Waals surface area contributed by atoms with Crippen molar-refractivity contribution in [2.24, 2.45) is 0 Å². The molecule has 0 saturated heterocycles. The lowest BCUT2D eigenvalue weighted by Crippen LogP contribution is -2.47. The third kappa shape index (κ3) is 3.70. The number of benzene rings is 1. The largest absolute Gasteiger partial charge is 0.493 e. The van der Waals surface area contributed by atoms with Crippen LogP contribution in [0.1, 0.15) is 48.2 Å². The van der Waals surface area contributed by atoms with Gasteiger partial charge in [-0.05, 0) is 39.7 Å². The second-order valence-corrected chi connectivity index (χ2v) is 7.82. The normalized spacial score (nSPS) is 17.4. The molecule has 1 atom stereocenters. The summed E-state index contributed by atoms with van der Waals surface area (Å²) in [6.45, 7) is 6.63. The van der Waals surface area contributed by atoms with E-state index in [1.165, 1.54) is 0 Å². The number of para-hydroxylation sites is 1. The number of carbonyl (C=O) groups is 1. The minimum atomic E-state index is -0.510. The van der Waals surface area contributed by atoms with Gasteiger partial charge < -0.3 is 15.4 Å². The number of hydrogen-bond donors (Lipinski definition) is 2. The first kappa shape index (κ1) is 16.8. The predicted molar refractivity (Wildman–Crippen MR) is 95.5 cm³/mol. The van der Waals surface area contributed by atoms with Gasteiger partial charge in [-0.2, -0.15) is 0 Å². The van der Waals surface area contributed by atoms with Gasteiger partial charge in [0.05, 0.1) is 18.2 Å². The van der Waals surface area contributed by atoms with Crippen LogP contribution in [0.4, 0.5) is 4.79 Å². The van der Waals surface area contributed by atoms with Crippen LogP contribution in [-0.2, 0) is 5.54 Å². The van der Waals surface area contributed by atoms with Crippen molar-refractivity contribution in [1.29, 1.82) is 0 Å². The molecule has 1 aromatic carbocycles. The van der Waals surface area contributed by atoms with Crippen LogP contribution in [0.15, 0.2) is 30.5 Å². The van der Waals surface area contributed by atoms with Gasteiger partial charge in [0.25, 0.3) is 0 Å². The average Bonchev–Trinajstić information content (AvgIpc) is 2.88. The average molecular weight is 345 g/mol. The molecule has 1 unspecified atom stereocenters. The number of nitrogens with one attached hydrogen (secondary N) is 2. The molecule has 2 heterocycles. The van der Waals surface area contributed by atoms with E-state index in [4.69, 9.17) is 4.74 Å². The Labute approximate surface area is 146 Å². The standard InChI is InChI=1S/C18H23N3O2S/c1-12-11-19-16(24-12)18(2,3)21-17(22)20-14-8-6-10-23-15-9-5-4-7-13(14)15/h4-5,7,9,11,14H,6,8,10H2,1-3H3,(H2,20,21,22). The lowest BCUT2D eigenvalue weighted by molar-refractivity contribution is 0.225. The van der Waals surface area contributed by atoms with Crippen molar-refractivity contribution in [3.63, 3.8) is 0 Å². The Bertz CT molecular complexity index is 727. The molecule has 0 spiro atoms. The first-order chi connectivity index (χ1) is 11.5. The second kappa shape index (κ2) is 6.81. The number of ether oxygens (including phenoxy) is 1. The van der Waals surface area contributed by atoms with Gasteiger partial charge in [-0.15, -0.1) is 11.3 Å². The Morgan fingerprint density at radius 2 is 2.17 bits per heavy atom. The quantitative estimate of drug-likeness (QED) is 0.887. The first-order valence-electron chi connectivity index (χ1n) is 8.19. The zero-order chi connectivity index (χ0) is 17.2. The molecule has 2 amide bonds. The van der Waals surface area contributed by atoms with E-state index >= 15 is 0 Å². The molecule has 1 aromatic heterocycles. The van der Waals surface area contributed by atoms with Crippen LogP contribution < -0.4 is 15.4 Å². The van der Waals surface area contributed by atoms with Crippen LogP contribution >= 0.6 is 11.3 Å². The van der Waals surface area contributed by atoms with E-state index in [2.05, 4.69) is 15.6 Å². The van der Waals surface area contributed by atoms with E-state index in [0.717, 1.165) is 34.0 Å². The number of carbonyl (C=O) groups excluding carboxylic acids is 1. The molecule has 5 nitrogen and oxygen atoms in total. The molecule has 0 saturated carbocycles. The molecular formula is C18H23N3O2S. The molecule has 0 radical (unpaired) electrons. The molecule has 0 fully saturated rings. The summed E-state index contributed by atoms with van der Waals surface area (Å²) in [5.74, 6) is 0.857. The van der Waals surface area contributed by atoms with Crippen molar-refractivity contribution in [2.45, 2.75) is 45.2 Å². The Morgan fingerprint density at radius 1 is 1.38 bits per heavy atom. The summed E-state index contributed by atoms with van der Waals surface area (Å²) < 4.78 is 5.75. The number of fused-ring (bicyclic) bond motifs is 1. The topological polar surface area (TPSA) is 63.2 Å². The molecule has 2 aromatic rings. The molecule has 1 aliphatic heterocycles. The van der Waals surface area contributed by atoms with Gasteiger partial charge in [-0.3, -0.25) is 0 Å². The molecule has 128 valence electrons. The van der Waals surface area contributed by atoms with Crippen LogP contribution in [-0.4, -0.2) is 17.6 Å². The van der Waals surface area contributed by atoms with E-state index in [-0.39, 0.29) is 12.1 Å². The van der Waals surface area contributed by atoms with Crippen LogP contribution in [0.5, 0.6) is 5.75 Å². The third-order valence-corrected chi connectivity index (χ3v) is 5.31. The van der Waals surface area contributed by atoms with Crippen molar-refractivity contribution in [2.75, 3.05) is 6.61 Å². The number of rotatable bonds is 3. The summed E-state index contributed by atoms with van der Waals surface area (Å²) in [6.07, 6.45) is 3.61. The predicted octanol–water partition coefficient (Wildman–Crippen LogP) is 3.90. The van der Waals surface area contributed by atoms with Crippen molar-refractivity contribution in [3.05, 3.63) is 45.9 Å². The van der Waals surface area contributed by atoms with Gasteiger partial charge in [0.15, 0.2) is 0 Å². The Balaban J connectivity index is 1.71. The summed E-state index contributed by atoms with van der Waals surface area (Å²) >= 11 is 1.60. The third-order valence-electron chi connectivity index (χ3n) is 4.08. The zero-order valence-electron chi connectivity index (χ0n) is 14.3. The fraction of sp³-hybridized carbons (Fsp3) is 0.444. The highest BCUT2D eigenvalue weighted by Crippen LogP contribution is 2.31. The molecule has 1 aliphatic rings. The van der Waals surface area contributed by atoms with Gasteiger partial charge in [-0.1, -0.05) is 18.2 Å². The molecule has 0 aliphatic carbocycles. The Morgan fingerprint density at radius 3 is 2.92 bits per heavy atom. The number of urea groups is 1. The number of aryl methyl sites for hydroxylation is 1. The van der Waals surface area contributed by atoms with Crippen LogP contribution in [0.25, 0.3) is 0 Å². The fourth-order valence-electron chi connectivity index (χ4n) is 2.85.